The zero-order valence-corrected chi connectivity index (χ0v) is 14.9. The summed E-state index contributed by atoms with van der Waals surface area (Å²) in [7, 11) is 0. The van der Waals surface area contributed by atoms with Gasteiger partial charge in [0.15, 0.2) is 0 Å². The van der Waals surface area contributed by atoms with Crippen LogP contribution < -0.4 is 0 Å². The third-order valence-electron chi connectivity index (χ3n) is 5.07. The Morgan fingerprint density at radius 3 is 1.80 bits per heavy atom. The van der Waals surface area contributed by atoms with Gasteiger partial charge in [-0.25, -0.2) is 0 Å². The first-order valence-corrected chi connectivity index (χ1v) is 7.80. The van der Waals surface area contributed by atoms with E-state index in [-0.39, 0.29) is 16.8 Å². The van der Waals surface area contributed by atoms with Crippen LogP contribution in [0.2, 0.25) is 0 Å². The molecule has 2 atom stereocenters. The number of hydrogen-bond donors (Lipinski definition) is 0. The van der Waals surface area contributed by atoms with E-state index in [9.17, 15) is 4.79 Å². The molecule has 0 aromatic rings. The summed E-state index contributed by atoms with van der Waals surface area (Å²) in [4.78, 5) is 12.9. The quantitative estimate of drug-likeness (QED) is 0.498. The van der Waals surface area contributed by atoms with E-state index in [1.54, 1.807) is 0 Å². The van der Waals surface area contributed by atoms with E-state index in [0.717, 1.165) is 6.42 Å². The first-order chi connectivity index (χ1) is 8.97. The van der Waals surface area contributed by atoms with Crippen molar-refractivity contribution in [1.29, 1.82) is 0 Å². The van der Waals surface area contributed by atoms with Crippen LogP contribution in [-0.2, 0) is 14.3 Å². The third-order valence-corrected chi connectivity index (χ3v) is 5.07. The molecule has 0 bridgehead atoms. The van der Waals surface area contributed by atoms with E-state index in [2.05, 4.69) is 41.5 Å². The predicted octanol–water partition coefficient (Wildman–Crippen LogP) is 4.79. The maximum Gasteiger partial charge on any atom is 0.315 e. The minimum Gasteiger partial charge on any atom is -0.435 e. The van der Waals surface area contributed by atoms with E-state index in [1.807, 2.05) is 20.8 Å². The molecule has 0 heterocycles. The molecule has 0 saturated heterocycles. The summed E-state index contributed by atoms with van der Waals surface area (Å²) >= 11 is 0. The average Bonchev–Trinajstić information content (AvgIpc) is 2.35. The van der Waals surface area contributed by atoms with E-state index >= 15 is 0 Å². The van der Waals surface area contributed by atoms with Gasteiger partial charge < -0.3 is 9.47 Å². The number of hydrogen-bond acceptors (Lipinski definition) is 3. The van der Waals surface area contributed by atoms with Crippen LogP contribution in [0.5, 0.6) is 0 Å². The summed E-state index contributed by atoms with van der Waals surface area (Å²) in [5.41, 5.74) is -0.903. The molecule has 0 aromatic heterocycles. The first kappa shape index (κ1) is 19.4. The lowest BCUT2D eigenvalue weighted by Crippen LogP contribution is -2.52. The van der Waals surface area contributed by atoms with Crippen molar-refractivity contribution in [3.63, 3.8) is 0 Å². The molecule has 2 unspecified atom stereocenters. The number of carbonyl (C=O) groups is 1. The Labute approximate surface area is 125 Å². The first-order valence-electron chi connectivity index (χ1n) is 7.80. The average molecular weight is 286 g/mol. The Morgan fingerprint density at radius 2 is 1.50 bits per heavy atom. The molecular formula is C17H34O3. The van der Waals surface area contributed by atoms with Crippen molar-refractivity contribution < 1.29 is 14.3 Å². The maximum atomic E-state index is 12.9. The minimum atomic E-state index is -0.570. The van der Waals surface area contributed by atoms with Gasteiger partial charge in [0.2, 0.25) is 6.29 Å². The molecule has 0 spiro atoms. The molecule has 0 rings (SSSR count). The van der Waals surface area contributed by atoms with Crippen molar-refractivity contribution in [3.05, 3.63) is 0 Å². The van der Waals surface area contributed by atoms with Crippen LogP contribution in [0.15, 0.2) is 0 Å². The van der Waals surface area contributed by atoms with Crippen LogP contribution in [0.3, 0.4) is 0 Å². The molecule has 0 fully saturated rings. The van der Waals surface area contributed by atoms with Crippen LogP contribution in [0.25, 0.3) is 0 Å². The number of esters is 1. The summed E-state index contributed by atoms with van der Waals surface area (Å²) in [6.45, 7) is 19.2. The van der Waals surface area contributed by atoms with Gasteiger partial charge in [0, 0.05) is 13.0 Å². The van der Waals surface area contributed by atoms with Crippen molar-refractivity contribution in [2.24, 2.45) is 16.2 Å². The Hall–Kier alpha value is -0.570. The number of carbonyl (C=O) groups excluding carboxylic acids is 1. The Bertz CT molecular complexity index is 315. The fourth-order valence-corrected chi connectivity index (χ4v) is 2.61. The van der Waals surface area contributed by atoms with Crippen molar-refractivity contribution >= 4 is 5.97 Å². The summed E-state index contributed by atoms with van der Waals surface area (Å²) < 4.78 is 11.1. The molecule has 0 aliphatic carbocycles. The van der Waals surface area contributed by atoms with E-state index in [1.165, 1.54) is 0 Å². The van der Waals surface area contributed by atoms with Gasteiger partial charge in [0.05, 0.1) is 5.41 Å². The van der Waals surface area contributed by atoms with Gasteiger partial charge >= 0.3 is 5.97 Å². The normalized spacial score (nSPS) is 17.4. The van der Waals surface area contributed by atoms with Gasteiger partial charge in [-0.1, -0.05) is 48.5 Å². The van der Waals surface area contributed by atoms with Crippen LogP contribution in [0.1, 0.15) is 75.2 Å². The van der Waals surface area contributed by atoms with Gasteiger partial charge in [-0.15, -0.1) is 0 Å². The highest BCUT2D eigenvalue weighted by molar-refractivity contribution is 5.78. The van der Waals surface area contributed by atoms with Gasteiger partial charge in [0.1, 0.15) is 0 Å². The Morgan fingerprint density at radius 1 is 1.00 bits per heavy atom. The monoisotopic (exact) mass is 286 g/mol. The molecule has 20 heavy (non-hydrogen) atoms. The molecule has 0 saturated carbocycles. The van der Waals surface area contributed by atoms with Crippen molar-refractivity contribution in [1.82, 2.24) is 0 Å². The van der Waals surface area contributed by atoms with Gasteiger partial charge in [0.25, 0.3) is 0 Å². The maximum absolute atomic E-state index is 12.9. The Kier molecular flexibility index (Phi) is 6.73. The smallest absolute Gasteiger partial charge is 0.315 e. The number of rotatable bonds is 7. The molecular weight excluding hydrogens is 252 g/mol. The molecule has 0 aliphatic rings. The molecule has 0 aromatic carbocycles. The fourth-order valence-electron chi connectivity index (χ4n) is 2.61. The second kappa shape index (κ2) is 6.93. The SMILES string of the molecule is CCOC(CC)OC(=O)C(C)(C(C)(C)C)C(C)(C)CC. The lowest BCUT2D eigenvalue weighted by atomic mass is 9.53. The van der Waals surface area contributed by atoms with Crippen molar-refractivity contribution in [2.75, 3.05) is 6.61 Å². The summed E-state index contributed by atoms with van der Waals surface area (Å²) in [5.74, 6) is -0.155. The highest BCUT2D eigenvalue weighted by Gasteiger charge is 2.55. The molecule has 0 amide bonds. The molecule has 120 valence electrons. The largest absolute Gasteiger partial charge is 0.435 e. The molecule has 0 aliphatic heterocycles. The fraction of sp³-hybridized carbons (Fsp3) is 0.941. The minimum absolute atomic E-state index is 0.146. The lowest BCUT2D eigenvalue weighted by molar-refractivity contribution is -0.205. The zero-order chi connectivity index (χ0) is 16.2. The number of ether oxygens (including phenoxy) is 2. The summed E-state index contributed by atoms with van der Waals surface area (Å²) in [6.07, 6.45) is 1.15. The third kappa shape index (κ3) is 3.75. The van der Waals surface area contributed by atoms with E-state index < -0.39 is 11.7 Å². The summed E-state index contributed by atoms with van der Waals surface area (Å²) in [6, 6.07) is 0. The van der Waals surface area contributed by atoms with Crippen LogP contribution in [0.4, 0.5) is 0 Å². The second-order valence-electron chi connectivity index (χ2n) is 7.31. The molecule has 3 nitrogen and oxygen atoms in total. The second-order valence-corrected chi connectivity index (χ2v) is 7.31. The molecule has 0 N–H and O–H groups in total. The van der Waals surface area contributed by atoms with Gasteiger partial charge in [-0.05, 0) is 31.1 Å². The molecule has 3 heteroatoms. The van der Waals surface area contributed by atoms with Gasteiger partial charge in [-0.3, -0.25) is 4.79 Å². The summed E-state index contributed by atoms with van der Waals surface area (Å²) in [5, 5.41) is 0. The van der Waals surface area contributed by atoms with Crippen LogP contribution in [-0.4, -0.2) is 18.9 Å². The topological polar surface area (TPSA) is 35.5 Å². The van der Waals surface area contributed by atoms with Gasteiger partial charge in [-0.2, -0.15) is 0 Å². The zero-order valence-electron chi connectivity index (χ0n) is 14.9. The standard InChI is InChI=1S/C17H34O3/c1-10-13(19-12-3)20-14(18)17(9,15(4,5)6)16(7,8)11-2/h13H,10-12H2,1-9H3. The lowest BCUT2D eigenvalue weighted by Gasteiger charge is -2.50. The highest BCUT2D eigenvalue weighted by Crippen LogP contribution is 2.54. The molecule has 0 radical (unpaired) electrons. The van der Waals surface area contributed by atoms with Crippen molar-refractivity contribution in [3.8, 4) is 0 Å². The predicted molar refractivity (Wildman–Crippen MR) is 83.4 cm³/mol. The van der Waals surface area contributed by atoms with Crippen LogP contribution >= 0.6 is 0 Å². The van der Waals surface area contributed by atoms with Crippen LogP contribution in [0, 0.1) is 16.2 Å². The Balaban J connectivity index is 5.42. The van der Waals surface area contributed by atoms with E-state index in [0.29, 0.717) is 13.0 Å². The van der Waals surface area contributed by atoms with E-state index in [4.69, 9.17) is 9.47 Å². The van der Waals surface area contributed by atoms with Crippen molar-refractivity contribution in [2.45, 2.75) is 81.4 Å². The highest BCUT2D eigenvalue weighted by atomic mass is 16.7.